The van der Waals surface area contributed by atoms with Crippen LogP contribution in [0.1, 0.15) is 28.9 Å². The Balaban J connectivity index is 2.17. The molecule has 19 heavy (non-hydrogen) atoms. The maximum absolute atomic E-state index is 11.5. The van der Waals surface area contributed by atoms with Crippen molar-refractivity contribution in [2.45, 2.75) is 19.8 Å². The summed E-state index contributed by atoms with van der Waals surface area (Å²) in [4.78, 5) is 18.3. The van der Waals surface area contributed by atoms with Crippen LogP contribution in [0.25, 0.3) is 0 Å². The van der Waals surface area contributed by atoms with Gasteiger partial charge in [0.05, 0.1) is 18.4 Å². The zero-order valence-corrected chi connectivity index (χ0v) is 11.6. The van der Waals surface area contributed by atoms with Crippen LogP contribution in [0.15, 0.2) is 12.1 Å². The minimum absolute atomic E-state index is 0.338. The Kier molecular flexibility index (Phi) is 4.37. The Morgan fingerprint density at radius 2 is 2.37 bits per heavy atom. The van der Waals surface area contributed by atoms with E-state index in [0.29, 0.717) is 17.2 Å². The number of hydrogen-bond donors (Lipinski definition) is 1. The Morgan fingerprint density at radius 3 is 3.00 bits per heavy atom. The summed E-state index contributed by atoms with van der Waals surface area (Å²) in [6.45, 7) is 4.50. The summed E-state index contributed by atoms with van der Waals surface area (Å²) >= 11 is 0. The molecule has 1 saturated heterocycles. The lowest BCUT2D eigenvalue weighted by Gasteiger charge is -2.33. The van der Waals surface area contributed by atoms with E-state index in [1.165, 1.54) is 13.5 Å². The number of hydrogen-bond acceptors (Lipinski definition) is 5. The van der Waals surface area contributed by atoms with Crippen LogP contribution in [0.4, 0.5) is 5.82 Å². The fourth-order valence-electron chi connectivity index (χ4n) is 2.52. The Hall–Kier alpha value is -1.62. The highest BCUT2D eigenvalue weighted by atomic mass is 16.5. The summed E-state index contributed by atoms with van der Waals surface area (Å²) in [6, 6.07) is 3.67. The van der Waals surface area contributed by atoms with Crippen LogP contribution in [-0.2, 0) is 4.74 Å². The second-order valence-electron chi connectivity index (χ2n) is 4.98. The minimum atomic E-state index is -0.338. The molecule has 1 aromatic heterocycles. The van der Waals surface area contributed by atoms with Crippen LogP contribution in [0.3, 0.4) is 0 Å². The predicted octanol–water partition coefficient (Wildman–Crippen LogP) is 1.35. The maximum Gasteiger partial charge on any atom is 0.339 e. The predicted molar refractivity (Wildman–Crippen MR) is 74.3 cm³/mol. The highest BCUT2D eigenvalue weighted by molar-refractivity contribution is 5.90. The van der Waals surface area contributed by atoms with Gasteiger partial charge in [0.2, 0.25) is 0 Å². The van der Waals surface area contributed by atoms with Crippen molar-refractivity contribution in [2.75, 3.05) is 31.6 Å². The lowest BCUT2D eigenvalue weighted by Crippen LogP contribution is -2.38. The number of carbonyl (C=O) groups excluding carboxylic acids is 1. The lowest BCUT2D eigenvalue weighted by molar-refractivity contribution is 0.0599. The molecule has 0 aromatic carbocycles. The summed E-state index contributed by atoms with van der Waals surface area (Å²) in [5, 5.41) is 0. The molecule has 104 valence electrons. The summed E-state index contributed by atoms with van der Waals surface area (Å²) in [6.07, 6.45) is 2.33. The lowest BCUT2D eigenvalue weighted by atomic mass is 9.98. The van der Waals surface area contributed by atoms with Crippen LogP contribution in [0, 0.1) is 12.8 Å². The van der Waals surface area contributed by atoms with Crippen molar-refractivity contribution in [3.05, 3.63) is 23.4 Å². The number of aryl methyl sites for hydroxylation is 1. The normalized spacial score (nSPS) is 19.3. The van der Waals surface area contributed by atoms with Crippen LogP contribution >= 0.6 is 0 Å². The van der Waals surface area contributed by atoms with E-state index in [-0.39, 0.29) is 5.97 Å². The highest BCUT2D eigenvalue weighted by Gasteiger charge is 2.20. The molecule has 0 bridgehead atoms. The molecular formula is C14H21N3O2. The fraction of sp³-hybridized carbons (Fsp3) is 0.571. The molecular weight excluding hydrogens is 242 g/mol. The van der Waals surface area contributed by atoms with Crippen LogP contribution < -0.4 is 10.6 Å². The largest absolute Gasteiger partial charge is 0.465 e. The quantitative estimate of drug-likeness (QED) is 0.834. The monoisotopic (exact) mass is 263 g/mol. The van der Waals surface area contributed by atoms with E-state index in [4.69, 9.17) is 10.5 Å². The number of esters is 1. The van der Waals surface area contributed by atoms with Crippen molar-refractivity contribution >= 4 is 11.8 Å². The smallest absolute Gasteiger partial charge is 0.339 e. The number of pyridine rings is 1. The van der Waals surface area contributed by atoms with Gasteiger partial charge in [0.1, 0.15) is 5.82 Å². The summed E-state index contributed by atoms with van der Waals surface area (Å²) in [5.74, 6) is 1.12. The molecule has 5 nitrogen and oxygen atoms in total. The van der Waals surface area contributed by atoms with Gasteiger partial charge < -0.3 is 15.4 Å². The molecule has 0 aliphatic carbocycles. The summed E-state index contributed by atoms with van der Waals surface area (Å²) in [7, 11) is 1.38. The number of aromatic nitrogens is 1. The van der Waals surface area contributed by atoms with Gasteiger partial charge >= 0.3 is 5.97 Å². The van der Waals surface area contributed by atoms with Crippen molar-refractivity contribution < 1.29 is 9.53 Å². The maximum atomic E-state index is 11.5. The second-order valence-corrected chi connectivity index (χ2v) is 4.98. The van der Waals surface area contributed by atoms with Crippen LogP contribution in [0.5, 0.6) is 0 Å². The third-order valence-corrected chi connectivity index (χ3v) is 3.65. The topological polar surface area (TPSA) is 68.5 Å². The number of nitrogens with two attached hydrogens (primary N) is 1. The molecule has 1 aliphatic heterocycles. The van der Waals surface area contributed by atoms with Gasteiger partial charge in [-0.3, -0.25) is 0 Å². The van der Waals surface area contributed by atoms with Gasteiger partial charge in [0, 0.05) is 13.1 Å². The standard InChI is InChI=1S/C14H21N3O2/c1-10-12(14(18)19-2)5-6-13(16-10)17-7-3-4-11(8-15)9-17/h5-6,11H,3-4,7-9,15H2,1-2H3. The molecule has 2 N–H and O–H groups in total. The minimum Gasteiger partial charge on any atom is -0.465 e. The number of methoxy groups -OCH3 is 1. The molecule has 1 unspecified atom stereocenters. The van der Waals surface area contributed by atoms with E-state index >= 15 is 0 Å². The molecule has 1 fully saturated rings. The second kappa shape index (κ2) is 6.02. The molecule has 0 radical (unpaired) electrons. The molecule has 1 atom stereocenters. The third kappa shape index (κ3) is 3.04. The molecule has 0 amide bonds. The van der Waals surface area contributed by atoms with Crippen molar-refractivity contribution in [3.8, 4) is 0 Å². The van der Waals surface area contributed by atoms with E-state index in [1.54, 1.807) is 6.07 Å². The molecule has 1 aliphatic rings. The van der Waals surface area contributed by atoms with E-state index in [1.807, 2.05) is 13.0 Å². The average molecular weight is 263 g/mol. The van der Waals surface area contributed by atoms with Gasteiger partial charge in [0.25, 0.3) is 0 Å². The molecule has 2 rings (SSSR count). The molecule has 5 heteroatoms. The first kappa shape index (κ1) is 13.8. The average Bonchev–Trinajstić information content (AvgIpc) is 2.46. The SMILES string of the molecule is COC(=O)c1ccc(N2CCCC(CN)C2)nc1C. The number of carbonyl (C=O) groups is 1. The van der Waals surface area contributed by atoms with Gasteiger partial charge in [-0.2, -0.15) is 0 Å². The third-order valence-electron chi connectivity index (χ3n) is 3.65. The molecule has 0 spiro atoms. The highest BCUT2D eigenvalue weighted by Crippen LogP contribution is 2.22. The summed E-state index contributed by atoms with van der Waals surface area (Å²) < 4.78 is 4.73. The number of ether oxygens (including phenoxy) is 1. The van der Waals surface area contributed by atoms with Crippen molar-refractivity contribution in [1.29, 1.82) is 0 Å². The van der Waals surface area contributed by atoms with Gasteiger partial charge in [-0.15, -0.1) is 0 Å². The van der Waals surface area contributed by atoms with Crippen LogP contribution in [0.2, 0.25) is 0 Å². The number of piperidine rings is 1. The zero-order valence-electron chi connectivity index (χ0n) is 11.6. The van der Waals surface area contributed by atoms with Gasteiger partial charge in [-0.25, -0.2) is 9.78 Å². The molecule has 0 saturated carbocycles. The number of rotatable bonds is 3. The Bertz CT molecular complexity index is 462. The van der Waals surface area contributed by atoms with Gasteiger partial charge in [-0.1, -0.05) is 0 Å². The van der Waals surface area contributed by atoms with Gasteiger partial charge in [-0.05, 0) is 44.4 Å². The van der Waals surface area contributed by atoms with Crippen molar-refractivity contribution in [2.24, 2.45) is 11.7 Å². The van der Waals surface area contributed by atoms with Crippen molar-refractivity contribution in [1.82, 2.24) is 4.98 Å². The Morgan fingerprint density at radius 1 is 1.58 bits per heavy atom. The van der Waals surface area contributed by atoms with E-state index in [2.05, 4.69) is 9.88 Å². The summed E-state index contributed by atoms with van der Waals surface area (Å²) in [5.41, 5.74) is 6.98. The van der Waals surface area contributed by atoms with E-state index in [9.17, 15) is 4.79 Å². The number of anilines is 1. The molecule has 2 heterocycles. The molecule has 1 aromatic rings. The van der Waals surface area contributed by atoms with Gasteiger partial charge in [0.15, 0.2) is 0 Å². The first-order valence-electron chi connectivity index (χ1n) is 6.66. The van der Waals surface area contributed by atoms with E-state index in [0.717, 1.165) is 31.9 Å². The first-order valence-corrected chi connectivity index (χ1v) is 6.66. The van der Waals surface area contributed by atoms with Crippen molar-refractivity contribution in [3.63, 3.8) is 0 Å². The Labute approximate surface area is 113 Å². The fourth-order valence-corrected chi connectivity index (χ4v) is 2.52. The first-order chi connectivity index (χ1) is 9.15. The number of nitrogens with zero attached hydrogens (tertiary/aromatic N) is 2. The van der Waals surface area contributed by atoms with E-state index < -0.39 is 0 Å². The van der Waals surface area contributed by atoms with Crippen LogP contribution in [-0.4, -0.2) is 37.7 Å². The zero-order chi connectivity index (χ0) is 13.8.